The largest absolute Gasteiger partial charge is 0.402 e. The second-order valence-electron chi connectivity index (χ2n) is 6.73. The van der Waals surface area contributed by atoms with Gasteiger partial charge in [-0.25, -0.2) is 13.1 Å². The summed E-state index contributed by atoms with van der Waals surface area (Å²) in [6.07, 6.45) is -3.84. The first-order chi connectivity index (χ1) is 12.9. The predicted octanol–water partition coefficient (Wildman–Crippen LogP) is 0.996. The second-order valence-corrected chi connectivity index (χ2v) is 8.47. The van der Waals surface area contributed by atoms with Crippen LogP contribution in [0.15, 0.2) is 23.1 Å². The molecule has 8 nitrogen and oxygen atoms in total. The number of amides is 1. The third-order valence-electron chi connectivity index (χ3n) is 4.02. The lowest BCUT2D eigenvalue weighted by molar-refractivity contribution is -0.121. The van der Waals surface area contributed by atoms with Gasteiger partial charge in [0.05, 0.1) is 17.8 Å². The summed E-state index contributed by atoms with van der Waals surface area (Å²) in [5.41, 5.74) is 5.98. The molecule has 1 amide bonds. The summed E-state index contributed by atoms with van der Waals surface area (Å²) in [4.78, 5) is 11.7. The molecule has 1 aliphatic carbocycles. The molecule has 0 spiro atoms. The highest BCUT2D eigenvalue weighted by atomic mass is 32.2. The van der Waals surface area contributed by atoms with E-state index in [0.717, 1.165) is 18.9 Å². The first-order valence-corrected chi connectivity index (χ1v) is 10.1. The molecule has 1 saturated carbocycles. The number of carbonyl (C=O) groups excluding carboxylic acids is 1. The molecule has 0 heterocycles. The van der Waals surface area contributed by atoms with Crippen molar-refractivity contribution < 1.29 is 31.5 Å². The lowest BCUT2D eigenvalue weighted by atomic mass is 10.2. The van der Waals surface area contributed by atoms with Crippen molar-refractivity contribution >= 4 is 27.3 Å². The zero-order chi connectivity index (χ0) is 21.1. The molecule has 0 radical (unpaired) electrons. The summed E-state index contributed by atoms with van der Waals surface area (Å²) in [7, 11) is -4.49. The number of hydrogen-bond acceptors (Lipinski definition) is 6. The number of nitrogens with one attached hydrogen (secondary N) is 3. The highest BCUT2D eigenvalue weighted by molar-refractivity contribution is 7.89. The van der Waals surface area contributed by atoms with Crippen molar-refractivity contribution in [2.75, 3.05) is 23.7 Å². The summed E-state index contributed by atoms with van der Waals surface area (Å²) in [5, 5.41) is 14.6. The quantitative estimate of drug-likeness (QED) is 0.402. The van der Waals surface area contributed by atoms with Crippen molar-refractivity contribution in [2.45, 2.75) is 43.0 Å². The van der Waals surface area contributed by atoms with Gasteiger partial charge in [0.1, 0.15) is 11.4 Å². The molecule has 0 saturated heterocycles. The van der Waals surface area contributed by atoms with E-state index in [1.54, 1.807) is 0 Å². The number of alkyl halides is 3. The third kappa shape index (κ3) is 6.62. The predicted molar refractivity (Wildman–Crippen MR) is 97.2 cm³/mol. The smallest absolute Gasteiger partial charge is 0.392 e. The summed E-state index contributed by atoms with van der Waals surface area (Å²) in [6, 6.07) is 2.90. The Balaban J connectivity index is 2.24. The van der Waals surface area contributed by atoms with E-state index in [1.807, 2.05) is 0 Å². The van der Waals surface area contributed by atoms with Gasteiger partial charge in [0.15, 0.2) is 0 Å². The molecule has 1 aromatic rings. The van der Waals surface area contributed by atoms with E-state index in [2.05, 4.69) is 10.6 Å². The standard InChI is InChI=1S/C16H23F3N4O4S/c1-9(24)7-21-12-6-11(23-15(25)14(20)10-2-3-10)4-5-13(12)28(26,27)22-8-16(17,18)19/h4-6,9-10,14,21-22,24H,2-3,7-8,20H2,1H3,(H,23,25)/t9-,14+/m1/s1. The number of halogens is 3. The Hall–Kier alpha value is -1.89. The molecule has 0 bridgehead atoms. The van der Waals surface area contributed by atoms with E-state index in [-0.39, 0.29) is 23.8 Å². The lowest BCUT2D eigenvalue weighted by Crippen LogP contribution is -2.37. The number of sulfonamides is 1. The minimum Gasteiger partial charge on any atom is -0.392 e. The molecular formula is C16H23F3N4O4S. The molecule has 28 heavy (non-hydrogen) atoms. The molecule has 0 aromatic heterocycles. The van der Waals surface area contributed by atoms with Crippen LogP contribution in [0.2, 0.25) is 0 Å². The Kier molecular flexibility index (Phi) is 6.91. The van der Waals surface area contributed by atoms with Crippen molar-refractivity contribution in [3.63, 3.8) is 0 Å². The summed E-state index contributed by atoms with van der Waals surface area (Å²) in [5.74, 6) is -0.325. The molecule has 2 rings (SSSR count). The van der Waals surface area contributed by atoms with Crippen LogP contribution in [0.25, 0.3) is 0 Å². The van der Waals surface area contributed by atoms with E-state index in [4.69, 9.17) is 5.73 Å². The number of nitrogens with two attached hydrogens (primary N) is 1. The van der Waals surface area contributed by atoms with Crippen LogP contribution in [0.1, 0.15) is 19.8 Å². The zero-order valence-electron chi connectivity index (χ0n) is 15.1. The number of rotatable bonds is 9. The summed E-state index contributed by atoms with van der Waals surface area (Å²) >= 11 is 0. The van der Waals surface area contributed by atoms with Crippen LogP contribution < -0.4 is 21.1 Å². The van der Waals surface area contributed by atoms with E-state index >= 15 is 0 Å². The Morgan fingerprint density at radius 1 is 1.36 bits per heavy atom. The number of hydrogen-bond donors (Lipinski definition) is 5. The number of anilines is 2. The van der Waals surface area contributed by atoms with Gasteiger partial charge >= 0.3 is 6.18 Å². The average molecular weight is 424 g/mol. The maximum absolute atomic E-state index is 12.4. The van der Waals surface area contributed by atoms with Crippen molar-refractivity contribution in [1.82, 2.24) is 4.72 Å². The van der Waals surface area contributed by atoms with Crippen LogP contribution in [-0.2, 0) is 14.8 Å². The maximum Gasteiger partial charge on any atom is 0.402 e. The van der Waals surface area contributed by atoms with E-state index in [1.165, 1.54) is 23.8 Å². The van der Waals surface area contributed by atoms with Gasteiger partial charge in [-0.3, -0.25) is 4.79 Å². The number of aliphatic hydroxyl groups is 1. The SMILES string of the molecule is C[C@@H](O)CNc1cc(NC(=O)[C@@H](N)C2CC2)ccc1S(=O)(=O)NCC(F)(F)F. The Morgan fingerprint density at radius 3 is 2.54 bits per heavy atom. The number of carbonyl (C=O) groups is 1. The molecule has 1 fully saturated rings. The summed E-state index contributed by atoms with van der Waals surface area (Å²) < 4.78 is 63.1. The van der Waals surface area contributed by atoms with Crippen molar-refractivity contribution in [2.24, 2.45) is 11.7 Å². The Morgan fingerprint density at radius 2 is 2.00 bits per heavy atom. The van der Waals surface area contributed by atoms with E-state index in [9.17, 15) is 31.5 Å². The van der Waals surface area contributed by atoms with Crippen LogP contribution in [-0.4, -0.2) is 50.8 Å². The topological polar surface area (TPSA) is 134 Å². The van der Waals surface area contributed by atoms with Crippen LogP contribution in [0.5, 0.6) is 0 Å². The van der Waals surface area contributed by atoms with Gasteiger partial charge in [-0.15, -0.1) is 0 Å². The average Bonchev–Trinajstić information content (AvgIpc) is 3.42. The molecular weight excluding hydrogens is 401 g/mol. The molecule has 1 aromatic carbocycles. The normalized spacial score (nSPS) is 17.1. The van der Waals surface area contributed by atoms with E-state index < -0.39 is 45.7 Å². The minimum atomic E-state index is -4.72. The van der Waals surface area contributed by atoms with Gasteiger partial charge < -0.3 is 21.5 Å². The van der Waals surface area contributed by atoms with Crippen molar-refractivity contribution in [3.8, 4) is 0 Å². The highest BCUT2D eigenvalue weighted by Crippen LogP contribution is 2.32. The zero-order valence-corrected chi connectivity index (χ0v) is 15.9. The first-order valence-electron chi connectivity index (χ1n) is 8.58. The second kappa shape index (κ2) is 8.64. The molecule has 158 valence electrons. The molecule has 12 heteroatoms. The Bertz CT molecular complexity index is 811. The fourth-order valence-electron chi connectivity index (χ4n) is 2.39. The lowest BCUT2D eigenvalue weighted by Gasteiger charge is -2.17. The summed E-state index contributed by atoms with van der Waals surface area (Å²) in [6.45, 7) is -0.329. The van der Waals surface area contributed by atoms with E-state index in [0.29, 0.717) is 0 Å². The number of aliphatic hydroxyl groups excluding tert-OH is 1. The molecule has 6 N–H and O–H groups in total. The van der Waals surface area contributed by atoms with Gasteiger partial charge in [-0.2, -0.15) is 13.2 Å². The third-order valence-corrected chi connectivity index (χ3v) is 5.48. The van der Waals surface area contributed by atoms with Crippen molar-refractivity contribution in [3.05, 3.63) is 18.2 Å². The van der Waals surface area contributed by atoms with Crippen LogP contribution >= 0.6 is 0 Å². The van der Waals surface area contributed by atoms with Gasteiger partial charge in [0.25, 0.3) is 0 Å². The van der Waals surface area contributed by atoms with Gasteiger partial charge in [-0.1, -0.05) is 0 Å². The van der Waals surface area contributed by atoms with Crippen LogP contribution in [0, 0.1) is 5.92 Å². The van der Waals surface area contributed by atoms with Crippen molar-refractivity contribution in [1.29, 1.82) is 0 Å². The molecule has 0 unspecified atom stereocenters. The van der Waals surface area contributed by atoms with Gasteiger partial charge in [0.2, 0.25) is 15.9 Å². The Labute approximate surface area is 160 Å². The van der Waals surface area contributed by atoms with Gasteiger partial charge in [-0.05, 0) is 43.9 Å². The van der Waals surface area contributed by atoms with Gasteiger partial charge in [0, 0.05) is 12.2 Å². The van der Waals surface area contributed by atoms with Crippen LogP contribution in [0.3, 0.4) is 0 Å². The highest BCUT2D eigenvalue weighted by Gasteiger charge is 2.34. The fourth-order valence-corrected chi connectivity index (χ4v) is 3.56. The first kappa shape index (κ1) is 22.4. The maximum atomic E-state index is 12.4. The molecule has 2 atom stereocenters. The molecule has 0 aliphatic heterocycles. The fraction of sp³-hybridized carbons (Fsp3) is 0.562. The number of benzene rings is 1. The van der Waals surface area contributed by atoms with Crippen LogP contribution in [0.4, 0.5) is 24.5 Å². The minimum absolute atomic E-state index is 0.0548. The monoisotopic (exact) mass is 424 g/mol. The molecule has 1 aliphatic rings.